The highest BCUT2D eigenvalue weighted by Crippen LogP contribution is 2.23. The van der Waals surface area contributed by atoms with E-state index < -0.39 is 0 Å². The lowest BCUT2D eigenvalue weighted by molar-refractivity contribution is 0.480. The van der Waals surface area contributed by atoms with E-state index >= 15 is 0 Å². The smallest absolute Gasteiger partial charge is 0.225 e. The zero-order chi connectivity index (χ0) is 15.5. The molecule has 0 amide bonds. The summed E-state index contributed by atoms with van der Waals surface area (Å²) < 4.78 is 1.01. The fourth-order valence-electron chi connectivity index (χ4n) is 2.80. The van der Waals surface area contributed by atoms with Crippen molar-refractivity contribution in [3.8, 4) is 0 Å². The van der Waals surface area contributed by atoms with Crippen LogP contribution in [-0.4, -0.2) is 41.1 Å². The molecule has 6 heteroatoms. The van der Waals surface area contributed by atoms with Gasteiger partial charge in [-0.05, 0) is 53.9 Å². The SMILES string of the molecule is Cc1ccnc(N(C)C2CCCN(c3ccc(Br)cn3)C2)n1. The molecule has 0 N–H and O–H groups in total. The van der Waals surface area contributed by atoms with Crippen LogP contribution in [0.4, 0.5) is 11.8 Å². The van der Waals surface area contributed by atoms with E-state index in [2.05, 4.69) is 53.8 Å². The number of hydrogen-bond acceptors (Lipinski definition) is 5. The minimum atomic E-state index is 0.404. The number of aryl methyl sites for hydroxylation is 1. The Hall–Kier alpha value is -1.69. The first kappa shape index (κ1) is 15.2. The van der Waals surface area contributed by atoms with Gasteiger partial charge in [0.2, 0.25) is 5.95 Å². The van der Waals surface area contributed by atoms with Gasteiger partial charge in [0.25, 0.3) is 0 Å². The minimum Gasteiger partial charge on any atom is -0.355 e. The predicted octanol–water partition coefficient (Wildman–Crippen LogP) is 3.05. The monoisotopic (exact) mass is 361 g/mol. The third-order valence-electron chi connectivity index (χ3n) is 4.08. The molecule has 1 aliphatic rings. The normalized spacial score (nSPS) is 18.3. The van der Waals surface area contributed by atoms with E-state index in [0.717, 1.165) is 47.9 Å². The van der Waals surface area contributed by atoms with E-state index in [4.69, 9.17) is 0 Å². The summed E-state index contributed by atoms with van der Waals surface area (Å²) in [6, 6.07) is 6.44. The van der Waals surface area contributed by atoms with Crippen molar-refractivity contribution in [3.63, 3.8) is 0 Å². The Morgan fingerprint density at radius 3 is 2.86 bits per heavy atom. The van der Waals surface area contributed by atoms with Crippen molar-refractivity contribution in [2.75, 3.05) is 29.9 Å². The molecule has 0 saturated carbocycles. The van der Waals surface area contributed by atoms with Crippen molar-refractivity contribution in [2.45, 2.75) is 25.8 Å². The Balaban J connectivity index is 1.73. The van der Waals surface area contributed by atoms with Gasteiger partial charge in [0, 0.05) is 48.7 Å². The molecule has 116 valence electrons. The summed E-state index contributed by atoms with van der Waals surface area (Å²) in [5, 5.41) is 0. The van der Waals surface area contributed by atoms with E-state index in [1.54, 1.807) is 0 Å². The Labute approximate surface area is 139 Å². The Kier molecular flexibility index (Phi) is 4.57. The number of aromatic nitrogens is 3. The van der Waals surface area contributed by atoms with Crippen LogP contribution in [0.1, 0.15) is 18.5 Å². The van der Waals surface area contributed by atoms with Gasteiger partial charge in [0.15, 0.2) is 0 Å². The second-order valence-electron chi connectivity index (χ2n) is 5.69. The molecule has 0 aliphatic carbocycles. The average Bonchev–Trinajstić information content (AvgIpc) is 2.55. The van der Waals surface area contributed by atoms with Crippen LogP contribution < -0.4 is 9.80 Å². The molecule has 1 aliphatic heterocycles. The van der Waals surface area contributed by atoms with Crippen LogP contribution in [0.5, 0.6) is 0 Å². The third-order valence-corrected chi connectivity index (χ3v) is 4.55. The van der Waals surface area contributed by atoms with Gasteiger partial charge in [-0.3, -0.25) is 0 Å². The highest BCUT2D eigenvalue weighted by atomic mass is 79.9. The van der Waals surface area contributed by atoms with Crippen molar-refractivity contribution >= 4 is 27.7 Å². The van der Waals surface area contributed by atoms with Gasteiger partial charge in [0.1, 0.15) is 5.82 Å². The Morgan fingerprint density at radius 1 is 1.27 bits per heavy atom. The van der Waals surface area contributed by atoms with E-state index in [1.807, 2.05) is 31.5 Å². The molecule has 22 heavy (non-hydrogen) atoms. The largest absolute Gasteiger partial charge is 0.355 e. The Morgan fingerprint density at radius 2 is 2.14 bits per heavy atom. The number of halogens is 1. The quantitative estimate of drug-likeness (QED) is 0.840. The van der Waals surface area contributed by atoms with E-state index in [0.29, 0.717) is 6.04 Å². The molecule has 2 aromatic rings. The molecule has 1 unspecified atom stereocenters. The van der Waals surface area contributed by atoms with Crippen molar-refractivity contribution in [2.24, 2.45) is 0 Å². The van der Waals surface area contributed by atoms with Crippen molar-refractivity contribution in [1.82, 2.24) is 15.0 Å². The van der Waals surface area contributed by atoms with E-state index in [9.17, 15) is 0 Å². The number of likely N-dealkylation sites (N-methyl/N-ethyl adjacent to an activating group) is 1. The molecule has 3 heterocycles. The molecule has 0 bridgehead atoms. The summed E-state index contributed by atoms with van der Waals surface area (Å²) in [6.07, 6.45) is 5.98. The number of pyridine rings is 1. The van der Waals surface area contributed by atoms with Crippen LogP contribution in [0.2, 0.25) is 0 Å². The molecule has 0 aromatic carbocycles. The zero-order valence-electron chi connectivity index (χ0n) is 12.9. The first-order chi connectivity index (χ1) is 10.6. The topological polar surface area (TPSA) is 45.2 Å². The predicted molar refractivity (Wildman–Crippen MR) is 92.3 cm³/mol. The van der Waals surface area contributed by atoms with Crippen LogP contribution in [0.3, 0.4) is 0 Å². The maximum absolute atomic E-state index is 4.53. The van der Waals surface area contributed by atoms with Crippen molar-refractivity contribution < 1.29 is 0 Å². The molecule has 2 aromatic heterocycles. The molecule has 1 saturated heterocycles. The summed E-state index contributed by atoms with van der Waals surface area (Å²) >= 11 is 3.44. The van der Waals surface area contributed by atoms with Gasteiger partial charge in [-0.15, -0.1) is 0 Å². The summed E-state index contributed by atoms with van der Waals surface area (Å²) in [5.74, 6) is 1.84. The first-order valence-corrected chi connectivity index (χ1v) is 8.32. The number of anilines is 2. The van der Waals surface area contributed by atoms with Crippen molar-refractivity contribution in [1.29, 1.82) is 0 Å². The maximum Gasteiger partial charge on any atom is 0.225 e. The van der Waals surface area contributed by atoms with Gasteiger partial charge in [-0.25, -0.2) is 15.0 Å². The lowest BCUT2D eigenvalue weighted by Crippen LogP contribution is -2.47. The maximum atomic E-state index is 4.53. The molecule has 0 radical (unpaired) electrons. The molecule has 5 nitrogen and oxygen atoms in total. The second kappa shape index (κ2) is 6.60. The molecular weight excluding hydrogens is 342 g/mol. The summed E-state index contributed by atoms with van der Waals surface area (Å²) in [6.45, 7) is 3.99. The number of rotatable bonds is 3. The number of hydrogen-bond donors (Lipinski definition) is 0. The van der Waals surface area contributed by atoms with Crippen LogP contribution in [-0.2, 0) is 0 Å². The fourth-order valence-corrected chi connectivity index (χ4v) is 3.04. The molecule has 1 atom stereocenters. The number of nitrogens with zero attached hydrogens (tertiary/aromatic N) is 5. The van der Waals surface area contributed by atoms with Crippen LogP contribution in [0.25, 0.3) is 0 Å². The van der Waals surface area contributed by atoms with Crippen LogP contribution in [0.15, 0.2) is 35.1 Å². The number of piperidine rings is 1. The van der Waals surface area contributed by atoms with Crippen LogP contribution >= 0.6 is 15.9 Å². The fraction of sp³-hybridized carbons (Fsp3) is 0.438. The Bertz CT molecular complexity index is 631. The van der Waals surface area contributed by atoms with Crippen molar-refractivity contribution in [3.05, 3.63) is 40.8 Å². The lowest BCUT2D eigenvalue weighted by atomic mass is 10.0. The molecule has 3 rings (SSSR count). The van der Waals surface area contributed by atoms with Crippen LogP contribution in [0, 0.1) is 6.92 Å². The minimum absolute atomic E-state index is 0.404. The molecular formula is C16H20BrN5. The summed E-state index contributed by atoms with van der Waals surface area (Å²) in [4.78, 5) is 18.0. The van der Waals surface area contributed by atoms with Gasteiger partial charge < -0.3 is 9.80 Å². The summed E-state index contributed by atoms with van der Waals surface area (Å²) in [7, 11) is 2.08. The second-order valence-corrected chi connectivity index (χ2v) is 6.60. The third kappa shape index (κ3) is 3.38. The average molecular weight is 362 g/mol. The standard InChI is InChI=1S/C16H20BrN5/c1-12-7-8-18-16(20-12)21(2)14-4-3-9-22(11-14)15-6-5-13(17)10-19-15/h5-8,10,14H,3-4,9,11H2,1-2H3. The molecule has 0 spiro atoms. The highest BCUT2D eigenvalue weighted by molar-refractivity contribution is 9.10. The summed E-state index contributed by atoms with van der Waals surface area (Å²) in [5.41, 5.74) is 0.999. The lowest BCUT2D eigenvalue weighted by Gasteiger charge is -2.38. The van der Waals surface area contributed by atoms with Gasteiger partial charge in [-0.1, -0.05) is 0 Å². The highest BCUT2D eigenvalue weighted by Gasteiger charge is 2.25. The van der Waals surface area contributed by atoms with E-state index in [-0.39, 0.29) is 0 Å². The first-order valence-electron chi connectivity index (χ1n) is 7.52. The van der Waals surface area contributed by atoms with E-state index in [1.165, 1.54) is 0 Å². The molecule has 1 fully saturated rings. The van der Waals surface area contributed by atoms with Gasteiger partial charge in [-0.2, -0.15) is 0 Å². The zero-order valence-corrected chi connectivity index (χ0v) is 14.5. The van der Waals surface area contributed by atoms with Gasteiger partial charge >= 0.3 is 0 Å². The van der Waals surface area contributed by atoms with Gasteiger partial charge in [0.05, 0.1) is 0 Å².